The average molecular weight is 303 g/mol. The van der Waals surface area contributed by atoms with Gasteiger partial charge in [-0.05, 0) is 57.1 Å². The number of benzene rings is 1. The minimum Gasteiger partial charge on any atom is -0.390 e. The Morgan fingerprint density at radius 3 is 2.59 bits per heavy atom. The molecule has 0 saturated carbocycles. The molecule has 1 saturated heterocycles. The zero-order chi connectivity index (χ0) is 16.0. The minimum atomic E-state index is -0.508. The fourth-order valence-electron chi connectivity index (χ4n) is 3.89. The van der Waals surface area contributed by atoms with Crippen LogP contribution < -0.4 is 0 Å². The zero-order valence-electron chi connectivity index (χ0n) is 14.6. The van der Waals surface area contributed by atoms with Gasteiger partial charge in [-0.25, -0.2) is 0 Å². The summed E-state index contributed by atoms with van der Waals surface area (Å²) in [6.07, 6.45) is 6.79. The predicted molar refractivity (Wildman–Crippen MR) is 93.8 cm³/mol. The van der Waals surface area contributed by atoms with E-state index >= 15 is 0 Å². The Hall–Kier alpha value is -0.860. The number of nitrogens with zero attached hydrogens (tertiary/aromatic N) is 1. The summed E-state index contributed by atoms with van der Waals surface area (Å²) in [6.45, 7) is 8.64. The molecule has 1 aliphatic rings. The summed E-state index contributed by atoms with van der Waals surface area (Å²) < 4.78 is 0. The van der Waals surface area contributed by atoms with E-state index in [1.54, 1.807) is 0 Å². The zero-order valence-corrected chi connectivity index (χ0v) is 14.6. The minimum absolute atomic E-state index is 0.508. The molecule has 1 heterocycles. The molecule has 2 heteroatoms. The van der Waals surface area contributed by atoms with Crippen molar-refractivity contribution in [3.8, 4) is 0 Å². The van der Waals surface area contributed by atoms with Gasteiger partial charge in [0.25, 0.3) is 0 Å². The maximum atomic E-state index is 10.5. The highest BCUT2D eigenvalue weighted by molar-refractivity contribution is 5.14. The van der Waals surface area contributed by atoms with Crippen molar-refractivity contribution in [1.29, 1.82) is 0 Å². The molecule has 1 aromatic carbocycles. The molecule has 3 atom stereocenters. The molecule has 22 heavy (non-hydrogen) atoms. The molecular formula is C20H33NO. The predicted octanol–water partition coefficient (Wildman–Crippen LogP) is 4.62. The Kier molecular flexibility index (Phi) is 6.46. The smallest absolute Gasteiger partial charge is 0.0620 e. The maximum Gasteiger partial charge on any atom is 0.0620 e. The van der Waals surface area contributed by atoms with Crippen molar-refractivity contribution in [3.05, 3.63) is 35.9 Å². The van der Waals surface area contributed by atoms with Gasteiger partial charge in [-0.15, -0.1) is 0 Å². The molecule has 0 aromatic heterocycles. The standard InChI is InChI=1S/C20H33NO/c1-4-10-19-18(15-20(3,22)5-2)13-9-14-21(19)16-17-11-7-6-8-12-17/h6-8,11-12,18-19,22H,4-5,9-10,13-16H2,1-3H3/t18-,19-,20?/m0/s1. The van der Waals surface area contributed by atoms with Crippen LogP contribution in [0.2, 0.25) is 0 Å². The van der Waals surface area contributed by atoms with E-state index in [4.69, 9.17) is 0 Å². The van der Waals surface area contributed by atoms with Crippen LogP contribution in [0.25, 0.3) is 0 Å². The maximum absolute atomic E-state index is 10.5. The Bertz CT molecular complexity index is 429. The highest BCUT2D eigenvalue weighted by Crippen LogP contribution is 2.34. The van der Waals surface area contributed by atoms with Gasteiger partial charge in [-0.2, -0.15) is 0 Å². The van der Waals surface area contributed by atoms with E-state index in [0.29, 0.717) is 12.0 Å². The van der Waals surface area contributed by atoms with E-state index in [9.17, 15) is 5.11 Å². The number of hydrogen-bond donors (Lipinski definition) is 1. The van der Waals surface area contributed by atoms with Crippen LogP contribution in [0.1, 0.15) is 64.9 Å². The Labute approximate surface area is 136 Å². The lowest BCUT2D eigenvalue weighted by atomic mass is 9.78. The fourth-order valence-corrected chi connectivity index (χ4v) is 3.89. The van der Waals surface area contributed by atoms with Crippen molar-refractivity contribution in [1.82, 2.24) is 4.90 Å². The number of hydrogen-bond acceptors (Lipinski definition) is 2. The third kappa shape index (κ3) is 4.82. The molecule has 0 radical (unpaired) electrons. The molecule has 0 bridgehead atoms. The van der Waals surface area contributed by atoms with Crippen LogP contribution in [-0.4, -0.2) is 28.2 Å². The van der Waals surface area contributed by atoms with Crippen molar-refractivity contribution >= 4 is 0 Å². The van der Waals surface area contributed by atoms with Gasteiger partial charge >= 0.3 is 0 Å². The van der Waals surface area contributed by atoms with E-state index < -0.39 is 5.60 Å². The van der Waals surface area contributed by atoms with Crippen molar-refractivity contribution in [2.75, 3.05) is 6.54 Å². The van der Waals surface area contributed by atoms with Crippen molar-refractivity contribution in [3.63, 3.8) is 0 Å². The first-order valence-electron chi connectivity index (χ1n) is 9.06. The van der Waals surface area contributed by atoms with Gasteiger partial charge in [0.05, 0.1) is 5.60 Å². The Balaban J connectivity index is 2.08. The summed E-state index contributed by atoms with van der Waals surface area (Å²) in [4.78, 5) is 2.67. The molecule has 1 unspecified atom stereocenters. The number of piperidine rings is 1. The van der Waals surface area contributed by atoms with Gasteiger partial charge in [0.1, 0.15) is 0 Å². The molecule has 0 amide bonds. The van der Waals surface area contributed by atoms with Gasteiger partial charge in [0.2, 0.25) is 0 Å². The topological polar surface area (TPSA) is 23.5 Å². The van der Waals surface area contributed by atoms with Crippen LogP contribution in [0.3, 0.4) is 0 Å². The summed E-state index contributed by atoms with van der Waals surface area (Å²) in [5.74, 6) is 0.632. The van der Waals surface area contributed by atoms with Gasteiger partial charge in [-0.3, -0.25) is 4.90 Å². The van der Waals surface area contributed by atoms with Crippen molar-refractivity contribution in [2.24, 2.45) is 5.92 Å². The highest BCUT2D eigenvalue weighted by Gasteiger charge is 2.34. The van der Waals surface area contributed by atoms with Crippen LogP contribution in [-0.2, 0) is 6.54 Å². The van der Waals surface area contributed by atoms with E-state index in [-0.39, 0.29) is 0 Å². The quantitative estimate of drug-likeness (QED) is 0.794. The van der Waals surface area contributed by atoms with Crippen LogP contribution in [0.4, 0.5) is 0 Å². The Morgan fingerprint density at radius 1 is 1.23 bits per heavy atom. The molecule has 1 fully saturated rings. The summed E-state index contributed by atoms with van der Waals surface area (Å²) >= 11 is 0. The first-order valence-corrected chi connectivity index (χ1v) is 9.06. The fraction of sp³-hybridized carbons (Fsp3) is 0.700. The van der Waals surface area contributed by atoms with E-state index in [1.807, 2.05) is 6.92 Å². The van der Waals surface area contributed by atoms with Crippen molar-refractivity contribution in [2.45, 2.75) is 77.5 Å². The number of likely N-dealkylation sites (tertiary alicyclic amines) is 1. The molecule has 124 valence electrons. The number of rotatable bonds is 7. The van der Waals surface area contributed by atoms with Crippen LogP contribution in [0.5, 0.6) is 0 Å². The number of aliphatic hydroxyl groups is 1. The first-order chi connectivity index (χ1) is 10.6. The van der Waals surface area contributed by atoms with Crippen molar-refractivity contribution < 1.29 is 5.11 Å². The lowest BCUT2D eigenvalue weighted by Gasteiger charge is -2.44. The summed E-state index contributed by atoms with van der Waals surface area (Å²) in [7, 11) is 0. The SMILES string of the molecule is CCC[C@H]1[C@H](CC(C)(O)CC)CCCN1Cc1ccccc1. The molecule has 1 aliphatic heterocycles. The Morgan fingerprint density at radius 2 is 1.95 bits per heavy atom. The first kappa shape index (κ1) is 17.5. The summed E-state index contributed by atoms with van der Waals surface area (Å²) in [5.41, 5.74) is 0.901. The largest absolute Gasteiger partial charge is 0.390 e. The van der Waals surface area contributed by atoms with E-state index in [0.717, 1.165) is 19.4 Å². The molecule has 2 rings (SSSR count). The summed E-state index contributed by atoms with van der Waals surface area (Å²) in [5, 5.41) is 10.5. The van der Waals surface area contributed by atoms with Gasteiger partial charge in [-0.1, -0.05) is 50.6 Å². The third-order valence-corrected chi connectivity index (χ3v) is 5.31. The van der Waals surface area contributed by atoms with E-state index in [1.165, 1.54) is 37.8 Å². The second-order valence-corrected chi connectivity index (χ2v) is 7.27. The molecule has 1 N–H and O–H groups in total. The van der Waals surface area contributed by atoms with E-state index in [2.05, 4.69) is 49.1 Å². The summed E-state index contributed by atoms with van der Waals surface area (Å²) in [6, 6.07) is 11.4. The van der Waals surface area contributed by atoms with Crippen LogP contribution in [0.15, 0.2) is 30.3 Å². The molecular weight excluding hydrogens is 270 g/mol. The lowest BCUT2D eigenvalue weighted by Crippen LogP contribution is -2.47. The average Bonchev–Trinajstić information content (AvgIpc) is 2.51. The second kappa shape index (κ2) is 8.12. The second-order valence-electron chi connectivity index (χ2n) is 7.27. The lowest BCUT2D eigenvalue weighted by molar-refractivity contribution is -0.00978. The van der Waals surface area contributed by atoms with Gasteiger partial charge in [0.15, 0.2) is 0 Å². The van der Waals surface area contributed by atoms with Gasteiger partial charge in [0, 0.05) is 12.6 Å². The molecule has 0 aliphatic carbocycles. The monoisotopic (exact) mass is 303 g/mol. The molecule has 1 aromatic rings. The van der Waals surface area contributed by atoms with Gasteiger partial charge < -0.3 is 5.11 Å². The molecule has 0 spiro atoms. The van der Waals surface area contributed by atoms with Crippen LogP contribution in [0, 0.1) is 5.92 Å². The normalized spacial score (nSPS) is 25.8. The van der Waals surface area contributed by atoms with Crippen LogP contribution >= 0.6 is 0 Å². The molecule has 2 nitrogen and oxygen atoms in total. The highest BCUT2D eigenvalue weighted by atomic mass is 16.3. The third-order valence-electron chi connectivity index (χ3n) is 5.31.